The van der Waals surface area contributed by atoms with Crippen molar-refractivity contribution < 1.29 is 19.4 Å². The molecule has 2 rings (SSSR count). The lowest BCUT2D eigenvalue weighted by atomic mass is 10.0. The van der Waals surface area contributed by atoms with Crippen molar-refractivity contribution in [3.63, 3.8) is 0 Å². The number of carbonyl (C=O) groups is 2. The van der Waals surface area contributed by atoms with Gasteiger partial charge in [-0.05, 0) is 37.5 Å². The number of hydrogen-bond donors (Lipinski definition) is 3. The molecule has 1 aromatic carbocycles. The fraction of sp³-hybridized carbons (Fsp3) is 0.467. The van der Waals surface area contributed by atoms with Crippen LogP contribution in [0.25, 0.3) is 0 Å². The van der Waals surface area contributed by atoms with Crippen LogP contribution in [0.15, 0.2) is 24.3 Å². The van der Waals surface area contributed by atoms with E-state index in [2.05, 4.69) is 10.6 Å². The molecule has 0 spiro atoms. The zero-order valence-corrected chi connectivity index (χ0v) is 12.0. The van der Waals surface area contributed by atoms with E-state index in [-0.39, 0.29) is 17.1 Å². The molecular formula is C15H20N2O4. The van der Waals surface area contributed by atoms with Crippen LogP contribution in [0.5, 0.6) is 0 Å². The molecule has 2 amide bonds. The highest BCUT2D eigenvalue weighted by Crippen LogP contribution is 2.16. The second-order valence-corrected chi connectivity index (χ2v) is 5.50. The van der Waals surface area contributed by atoms with Gasteiger partial charge >= 0.3 is 12.0 Å². The number of hydrogen-bond acceptors (Lipinski definition) is 3. The Morgan fingerprint density at radius 2 is 2.24 bits per heavy atom. The van der Waals surface area contributed by atoms with Gasteiger partial charge in [0.15, 0.2) is 0 Å². The maximum absolute atomic E-state index is 11.8. The van der Waals surface area contributed by atoms with Crippen molar-refractivity contribution in [3.05, 3.63) is 35.4 Å². The van der Waals surface area contributed by atoms with E-state index in [9.17, 15) is 9.59 Å². The summed E-state index contributed by atoms with van der Waals surface area (Å²) in [5, 5.41) is 14.6. The van der Waals surface area contributed by atoms with Crippen LogP contribution in [-0.2, 0) is 11.2 Å². The van der Waals surface area contributed by atoms with Crippen LogP contribution in [0.2, 0.25) is 0 Å². The summed E-state index contributed by atoms with van der Waals surface area (Å²) in [4.78, 5) is 22.7. The van der Waals surface area contributed by atoms with Crippen LogP contribution in [0.1, 0.15) is 29.3 Å². The number of aromatic carboxylic acids is 1. The molecule has 6 nitrogen and oxygen atoms in total. The van der Waals surface area contributed by atoms with Crippen LogP contribution >= 0.6 is 0 Å². The van der Waals surface area contributed by atoms with Gasteiger partial charge in [-0.3, -0.25) is 0 Å². The Morgan fingerprint density at radius 1 is 1.43 bits per heavy atom. The molecule has 0 saturated carbocycles. The standard InChI is InChI=1S/C15H20N2O4/c1-15(6-8-21-10-15)17-14(20)16-7-5-11-3-2-4-12(9-11)13(18)19/h2-4,9H,5-8,10H2,1H3,(H,18,19)(H2,16,17,20). The Balaban J connectivity index is 1.77. The minimum Gasteiger partial charge on any atom is -0.478 e. The summed E-state index contributed by atoms with van der Waals surface area (Å²) >= 11 is 0. The lowest BCUT2D eigenvalue weighted by Gasteiger charge is -2.23. The Kier molecular flexibility index (Phi) is 4.80. The number of carboxylic acid groups (broad SMARTS) is 1. The molecule has 0 radical (unpaired) electrons. The Morgan fingerprint density at radius 3 is 2.90 bits per heavy atom. The topological polar surface area (TPSA) is 87.7 Å². The highest BCUT2D eigenvalue weighted by Gasteiger charge is 2.30. The van der Waals surface area contributed by atoms with Crippen molar-refractivity contribution in [1.29, 1.82) is 0 Å². The van der Waals surface area contributed by atoms with Crippen molar-refractivity contribution in [2.24, 2.45) is 0 Å². The molecule has 21 heavy (non-hydrogen) atoms. The molecule has 1 aliphatic heterocycles. The molecule has 0 aliphatic carbocycles. The minimum absolute atomic E-state index is 0.225. The fourth-order valence-electron chi connectivity index (χ4n) is 2.26. The third-order valence-corrected chi connectivity index (χ3v) is 3.51. The molecule has 1 atom stereocenters. The van der Waals surface area contributed by atoms with Crippen LogP contribution < -0.4 is 10.6 Å². The number of nitrogens with one attached hydrogen (secondary N) is 2. The van der Waals surface area contributed by atoms with Crippen molar-refractivity contribution in [3.8, 4) is 0 Å². The van der Waals surface area contributed by atoms with E-state index in [1.54, 1.807) is 18.2 Å². The maximum atomic E-state index is 11.8. The van der Waals surface area contributed by atoms with Crippen molar-refractivity contribution in [2.75, 3.05) is 19.8 Å². The molecule has 1 aromatic rings. The lowest BCUT2D eigenvalue weighted by molar-refractivity contribution is 0.0696. The Bertz CT molecular complexity index is 524. The Labute approximate surface area is 123 Å². The van der Waals surface area contributed by atoms with Gasteiger partial charge < -0.3 is 20.5 Å². The van der Waals surface area contributed by atoms with Gasteiger partial charge in [0, 0.05) is 13.2 Å². The number of carbonyl (C=O) groups excluding carboxylic acids is 1. The van der Waals surface area contributed by atoms with Crippen LogP contribution in [0.3, 0.4) is 0 Å². The van der Waals surface area contributed by atoms with Gasteiger partial charge in [0.2, 0.25) is 0 Å². The lowest BCUT2D eigenvalue weighted by Crippen LogP contribution is -2.51. The number of ether oxygens (including phenoxy) is 1. The largest absolute Gasteiger partial charge is 0.478 e. The number of amides is 2. The first-order valence-corrected chi connectivity index (χ1v) is 6.94. The average Bonchev–Trinajstić information content (AvgIpc) is 2.85. The summed E-state index contributed by atoms with van der Waals surface area (Å²) in [7, 11) is 0. The Hall–Kier alpha value is -2.08. The third-order valence-electron chi connectivity index (χ3n) is 3.51. The highest BCUT2D eigenvalue weighted by atomic mass is 16.5. The molecule has 0 bridgehead atoms. The van der Waals surface area contributed by atoms with Crippen molar-refractivity contribution in [2.45, 2.75) is 25.3 Å². The maximum Gasteiger partial charge on any atom is 0.335 e. The molecule has 0 aromatic heterocycles. The van der Waals surface area contributed by atoms with Gasteiger partial charge in [-0.1, -0.05) is 12.1 Å². The van der Waals surface area contributed by atoms with Crippen molar-refractivity contribution in [1.82, 2.24) is 10.6 Å². The number of benzene rings is 1. The molecule has 1 fully saturated rings. The molecule has 1 aliphatic rings. The molecule has 1 saturated heterocycles. The summed E-state index contributed by atoms with van der Waals surface area (Å²) in [5.41, 5.74) is 0.839. The average molecular weight is 292 g/mol. The first kappa shape index (κ1) is 15.3. The third kappa shape index (κ3) is 4.46. The molecule has 1 heterocycles. The second-order valence-electron chi connectivity index (χ2n) is 5.50. The van der Waals surface area contributed by atoms with E-state index in [1.807, 2.05) is 13.0 Å². The fourth-order valence-corrected chi connectivity index (χ4v) is 2.26. The van der Waals surface area contributed by atoms with E-state index in [0.29, 0.717) is 26.2 Å². The summed E-state index contributed by atoms with van der Waals surface area (Å²) < 4.78 is 5.27. The monoisotopic (exact) mass is 292 g/mol. The summed E-state index contributed by atoms with van der Waals surface area (Å²) in [6, 6.07) is 6.49. The molecule has 6 heteroatoms. The van der Waals surface area contributed by atoms with Gasteiger partial charge in [0.05, 0.1) is 17.7 Å². The zero-order valence-electron chi connectivity index (χ0n) is 12.0. The van der Waals surface area contributed by atoms with Gasteiger partial charge in [0.1, 0.15) is 0 Å². The van der Waals surface area contributed by atoms with Gasteiger partial charge in [0.25, 0.3) is 0 Å². The summed E-state index contributed by atoms with van der Waals surface area (Å²) in [6.45, 7) is 3.60. The smallest absolute Gasteiger partial charge is 0.335 e. The van der Waals surface area contributed by atoms with Crippen LogP contribution in [-0.4, -0.2) is 42.4 Å². The quantitative estimate of drug-likeness (QED) is 0.765. The first-order chi connectivity index (χ1) is 9.98. The molecular weight excluding hydrogens is 272 g/mol. The predicted octanol–water partition coefficient (Wildman–Crippen LogP) is 1.41. The van der Waals surface area contributed by atoms with Crippen LogP contribution in [0, 0.1) is 0 Å². The summed E-state index contributed by atoms with van der Waals surface area (Å²) in [5.74, 6) is -0.947. The molecule has 3 N–H and O–H groups in total. The highest BCUT2D eigenvalue weighted by molar-refractivity contribution is 5.87. The predicted molar refractivity (Wildman–Crippen MR) is 77.5 cm³/mol. The first-order valence-electron chi connectivity index (χ1n) is 6.94. The number of carboxylic acids is 1. The van der Waals surface area contributed by atoms with E-state index >= 15 is 0 Å². The van der Waals surface area contributed by atoms with E-state index in [1.165, 1.54) is 0 Å². The van der Waals surface area contributed by atoms with Gasteiger partial charge in [-0.2, -0.15) is 0 Å². The molecule has 114 valence electrons. The molecule has 1 unspecified atom stereocenters. The number of urea groups is 1. The number of rotatable bonds is 5. The van der Waals surface area contributed by atoms with E-state index in [0.717, 1.165) is 12.0 Å². The zero-order chi connectivity index (χ0) is 15.3. The minimum atomic E-state index is -0.947. The normalized spacial score (nSPS) is 21.0. The summed E-state index contributed by atoms with van der Waals surface area (Å²) in [6.07, 6.45) is 1.39. The SMILES string of the molecule is CC1(NC(=O)NCCc2cccc(C(=O)O)c2)CCOC1. The van der Waals surface area contributed by atoms with E-state index < -0.39 is 5.97 Å². The second kappa shape index (κ2) is 6.58. The van der Waals surface area contributed by atoms with Gasteiger partial charge in [-0.15, -0.1) is 0 Å². The van der Waals surface area contributed by atoms with E-state index in [4.69, 9.17) is 9.84 Å². The van der Waals surface area contributed by atoms with Crippen molar-refractivity contribution >= 4 is 12.0 Å². The van der Waals surface area contributed by atoms with Gasteiger partial charge in [-0.25, -0.2) is 9.59 Å². The van der Waals surface area contributed by atoms with Crippen LogP contribution in [0.4, 0.5) is 4.79 Å².